The van der Waals surface area contributed by atoms with Gasteiger partial charge in [-0.15, -0.1) is 0 Å². The minimum Gasteiger partial charge on any atom is -0.355 e. The molecule has 2 unspecified atom stereocenters. The van der Waals surface area contributed by atoms with Crippen LogP contribution in [0.5, 0.6) is 0 Å². The first-order valence-corrected chi connectivity index (χ1v) is 8.77. The van der Waals surface area contributed by atoms with Gasteiger partial charge in [-0.3, -0.25) is 4.79 Å². The maximum absolute atomic E-state index is 12.8. The van der Waals surface area contributed by atoms with Crippen molar-refractivity contribution in [2.45, 2.75) is 50.9 Å². The van der Waals surface area contributed by atoms with Crippen LogP contribution in [0, 0.1) is 5.92 Å². The second-order valence-electron chi connectivity index (χ2n) is 7.10. The van der Waals surface area contributed by atoms with Crippen LogP contribution in [0.25, 0.3) is 0 Å². The van der Waals surface area contributed by atoms with Gasteiger partial charge in [0.15, 0.2) is 0 Å². The second-order valence-corrected chi connectivity index (χ2v) is 7.10. The van der Waals surface area contributed by atoms with Crippen LogP contribution < -0.4 is 10.6 Å². The van der Waals surface area contributed by atoms with Crippen molar-refractivity contribution in [3.8, 4) is 0 Å². The zero-order valence-electron chi connectivity index (χ0n) is 13.7. The molecule has 22 heavy (non-hydrogen) atoms. The van der Waals surface area contributed by atoms with E-state index >= 15 is 0 Å². The third-order valence-electron chi connectivity index (χ3n) is 5.47. The average Bonchev–Trinajstić information content (AvgIpc) is 2.56. The molecule has 1 fully saturated rings. The smallest absolute Gasteiger partial charge is 0.230 e. The second kappa shape index (κ2) is 6.82. The van der Waals surface area contributed by atoms with Crippen molar-refractivity contribution in [3.63, 3.8) is 0 Å². The molecule has 3 heteroatoms. The number of hydrogen-bond donors (Lipinski definition) is 2. The molecule has 3 rings (SSSR count). The van der Waals surface area contributed by atoms with Crippen molar-refractivity contribution >= 4 is 5.91 Å². The van der Waals surface area contributed by atoms with Crippen molar-refractivity contribution in [1.82, 2.24) is 10.6 Å². The predicted molar refractivity (Wildman–Crippen MR) is 90.0 cm³/mol. The number of amides is 1. The molecule has 2 N–H and O–H groups in total. The van der Waals surface area contributed by atoms with Crippen molar-refractivity contribution in [2.75, 3.05) is 19.6 Å². The Morgan fingerprint density at radius 3 is 3.05 bits per heavy atom. The van der Waals surface area contributed by atoms with Gasteiger partial charge in [-0.2, -0.15) is 0 Å². The molecule has 2 atom stereocenters. The Bertz CT molecular complexity index is 522. The number of rotatable bonds is 4. The molecule has 1 amide bonds. The van der Waals surface area contributed by atoms with Gasteiger partial charge in [0.1, 0.15) is 0 Å². The summed E-state index contributed by atoms with van der Waals surface area (Å²) in [5.41, 5.74) is 2.24. The highest BCUT2D eigenvalue weighted by Crippen LogP contribution is 2.37. The topological polar surface area (TPSA) is 41.1 Å². The monoisotopic (exact) mass is 300 g/mol. The fraction of sp³-hybridized carbons (Fsp3) is 0.632. The predicted octanol–water partition coefficient (Wildman–Crippen LogP) is 2.79. The van der Waals surface area contributed by atoms with E-state index in [-0.39, 0.29) is 11.3 Å². The third kappa shape index (κ3) is 3.19. The molecule has 1 aliphatic carbocycles. The molecular formula is C19H28N2O. The van der Waals surface area contributed by atoms with E-state index in [1.54, 1.807) is 0 Å². The molecule has 0 saturated carbocycles. The largest absolute Gasteiger partial charge is 0.355 e. The quantitative estimate of drug-likeness (QED) is 0.898. The first-order chi connectivity index (χ1) is 10.7. The summed E-state index contributed by atoms with van der Waals surface area (Å²) in [5.74, 6) is 0.934. The van der Waals surface area contributed by atoms with Crippen LogP contribution >= 0.6 is 0 Å². The van der Waals surface area contributed by atoms with Crippen LogP contribution in [0.4, 0.5) is 0 Å². The lowest BCUT2D eigenvalue weighted by Gasteiger charge is -2.35. The number of carbonyl (C=O) groups excluding carboxylic acids is 1. The molecule has 1 saturated heterocycles. The summed E-state index contributed by atoms with van der Waals surface area (Å²) in [4.78, 5) is 12.8. The summed E-state index contributed by atoms with van der Waals surface area (Å²) in [5, 5.41) is 6.66. The zero-order valence-corrected chi connectivity index (χ0v) is 13.7. The van der Waals surface area contributed by atoms with Gasteiger partial charge in [0.05, 0.1) is 5.41 Å². The molecule has 0 bridgehead atoms. The summed E-state index contributed by atoms with van der Waals surface area (Å²) in [6.45, 7) is 5.18. The van der Waals surface area contributed by atoms with Crippen molar-refractivity contribution in [1.29, 1.82) is 0 Å². The molecule has 0 aromatic heterocycles. The third-order valence-corrected chi connectivity index (χ3v) is 5.47. The Morgan fingerprint density at radius 1 is 1.36 bits per heavy atom. The number of fused-ring (bicyclic) bond motifs is 1. The number of carbonyl (C=O) groups is 1. The van der Waals surface area contributed by atoms with Gasteiger partial charge in [-0.25, -0.2) is 0 Å². The Labute approximate surface area is 133 Å². The van der Waals surface area contributed by atoms with Gasteiger partial charge < -0.3 is 10.6 Å². The first kappa shape index (κ1) is 15.5. The molecule has 1 aromatic rings. The molecule has 0 radical (unpaired) electrons. The van der Waals surface area contributed by atoms with E-state index in [0.29, 0.717) is 0 Å². The number of nitrogens with one attached hydrogen (secondary N) is 2. The van der Waals surface area contributed by atoms with E-state index < -0.39 is 0 Å². The van der Waals surface area contributed by atoms with E-state index in [1.807, 2.05) is 0 Å². The van der Waals surface area contributed by atoms with Gasteiger partial charge in [0, 0.05) is 6.54 Å². The molecule has 120 valence electrons. The normalized spacial score (nSPS) is 28.0. The molecule has 3 nitrogen and oxygen atoms in total. The van der Waals surface area contributed by atoms with Crippen LogP contribution in [-0.4, -0.2) is 25.5 Å². The van der Waals surface area contributed by atoms with Crippen LogP contribution in [0.15, 0.2) is 24.3 Å². The first-order valence-electron chi connectivity index (χ1n) is 8.77. The number of aryl methyl sites for hydroxylation is 1. The van der Waals surface area contributed by atoms with E-state index in [4.69, 9.17) is 0 Å². The SMILES string of the molecule is CC1(C(=O)NCCC2CCCNC2)CCCc2ccccc21. The standard InChI is InChI=1S/C19H28N2O/c1-19(11-4-8-16-7-2-3-9-17(16)19)18(22)21-13-10-15-6-5-12-20-14-15/h2-3,7,9,15,20H,4-6,8,10-14H2,1H3,(H,21,22). The Kier molecular flexibility index (Phi) is 4.82. The fourth-order valence-corrected chi connectivity index (χ4v) is 4.03. The van der Waals surface area contributed by atoms with Gasteiger partial charge in [0.25, 0.3) is 0 Å². The lowest BCUT2D eigenvalue weighted by Crippen LogP contribution is -2.45. The highest BCUT2D eigenvalue weighted by Gasteiger charge is 2.38. The fourth-order valence-electron chi connectivity index (χ4n) is 4.03. The Balaban J connectivity index is 1.59. The summed E-state index contributed by atoms with van der Waals surface area (Å²) >= 11 is 0. The lowest BCUT2D eigenvalue weighted by molar-refractivity contribution is -0.126. The summed E-state index contributed by atoms with van der Waals surface area (Å²) in [7, 11) is 0. The Morgan fingerprint density at radius 2 is 2.23 bits per heavy atom. The zero-order chi connectivity index (χ0) is 15.4. The van der Waals surface area contributed by atoms with Crippen LogP contribution in [-0.2, 0) is 16.6 Å². The average molecular weight is 300 g/mol. The van der Waals surface area contributed by atoms with E-state index in [2.05, 4.69) is 41.8 Å². The number of benzene rings is 1. The van der Waals surface area contributed by atoms with E-state index in [9.17, 15) is 4.79 Å². The van der Waals surface area contributed by atoms with E-state index in [0.717, 1.165) is 51.2 Å². The van der Waals surface area contributed by atoms with Crippen LogP contribution in [0.1, 0.15) is 50.2 Å². The maximum atomic E-state index is 12.8. The van der Waals surface area contributed by atoms with Crippen molar-refractivity contribution in [3.05, 3.63) is 35.4 Å². The van der Waals surface area contributed by atoms with E-state index in [1.165, 1.54) is 24.0 Å². The summed E-state index contributed by atoms with van der Waals surface area (Å²) < 4.78 is 0. The lowest BCUT2D eigenvalue weighted by atomic mass is 9.70. The van der Waals surface area contributed by atoms with Crippen LogP contribution in [0.2, 0.25) is 0 Å². The molecule has 1 aliphatic heterocycles. The summed E-state index contributed by atoms with van der Waals surface area (Å²) in [6, 6.07) is 8.45. The highest BCUT2D eigenvalue weighted by molar-refractivity contribution is 5.88. The molecule has 0 spiro atoms. The van der Waals surface area contributed by atoms with Crippen molar-refractivity contribution in [2.24, 2.45) is 5.92 Å². The summed E-state index contributed by atoms with van der Waals surface area (Å²) in [6.07, 6.45) is 6.82. The number of piperidine rings is 1. The van der Waals surface area contributed by atoms with Gasteiger partial charge in [-0.1, -0.05) is 24.3 Å². The van der Waals surface area contributed by atoms with Gasteiger partial charge in [-0.05, 0) is 75.6 Å². The highest BCUT2D eigenvalue weighted by atomic mass is 16.2. The molecule has 1 aromatic carbocycles. The Hall–Kier alpha value is -1.35. The maximum Gasteiger partial charge on any atom is 0.230 e. The molecular weight excluding hydrogens is 272 g/mol. The van der Waals surface area contributed by atoms with Gasteiger partial charge >= 0.3 is 0 Å². The van der Waals surface area contributed by atoms with Crippen LogP contribution in [0.3, 0.4) is 0 Å². The molecule has 1 heterocycles. The van der Waals surface area contributed by atoms with Crippen molar-refractivity contribution < 1.29 is 4.79 Å². The van der Waals surface area contributed by atoms with Gasteiger partial charge in [0.2, 0.25) is 5.91 Å². The molecule has 2 aliphatic rings. The minimum absolute atomic E-state index is 0.211. The number of hydrogen-bond acceptors (Lipinski definition) is 2. The minimum atomic E-state index is -0.348.